The van der Waals surface area contributed by atoms with Gasteiger partial charge in [-0.2, -0.15) is 0 Å². The van der Waals surface area contributed by atoms with Gasteiger partial charge in [0.1, 0.15) is 18.1 Å². The van der Waals surface area contributed by atoms with Crippen molar-refractivity contribution in [3.05, 3.63) is 53.6 Å². The van der Waals surface area contributed by atoms with Crippen LogP contribution in [0.15, 0.2) is 47.4 Å². The molecule has 2 aromatic carbocycles. The van der Waals surface area contributed by atoms with Gasteiger partial charge in [-0.1, -0.05) is 19.1 Å². The van der Waals surface area contributed by atoms with Crippen molar-refractivity contribution in [1.82, 2.24) is 9.62 Å². The summed E-state index contributed by atoms with van der Waals surface area (Å²) >= 11 is 0. The first-order valence-corrected chi connectivity index (χ1v) is 11.3. The summed E-state index contributed by atoms with van der Waals surface area (Å²) in [6, 6.07) is 12.0. The van der Waals surface area contributed by atoms with Crippen LogP contribution in [0.2, 0.25) is 0 Å². The molecule has 2 rings (SSSR count). The van der Waals surface area contributed by atoms with Gasteiger partial charge >= 0.3 is 0 Å². The lowest BCUT2D eigenvalue weighted by Gasteiger charge is -2.19. The Morgan fingerprint density at radius 2 is 1.77 bits per heavy atom. The summed E-state index contributed by atoms with van der Waals surface area (Å²) in [5, 5.41) is 2.82. The number of rotatable bonds is 10. The largest absolute Gasteiger partial charge is 0.492 e. The first-order chi connectivity index (χ1) is 14.2. The molecule has 0 radical (unpaired) electrons. The Balaban J connectivity index is 1.84. The molecule has 2 aromatic rings. The third kappa shape index (κ3) is 5.96. The first kappa shape index (κ1) is 23.7. The Morgan fingerprint density at radius 3 is 2.37 bits per heavy atom. The molecule has 0 heterocycles. The van der Waals surface area contributed by atoms with Gasteiger partial charge in [0.05, 0.1) is 11.4 Å². The molecule has 0 bridgehead atoms. The summed E-state index contributed by atoms with van der Waals surface area (Å²) in [7, 11) is -0.503. The molecule has 1 N–H and O–H groups in total. The molecule has 7 nitrogen and oxygen atoms in total. The lowest BCUT2D eigenvalue weighted by molar-refractivity contribution is -0.128. The second kappa shape index (κ2) is 10.4. The van der Waals surface area contributed by atoms with Crippen molar-refractivity contribution in [3.8, 4) is 11.5 Å². The second-order valence-corrected chi connectivity index (χ2v) is 9.26. The number of sulfonamides is 1. The summed E-state index contributed by atoms with van der Waals surface area (Å²) in [5.74, 6) is 1.04. The average molecular weight is 435 g/mol. The van der Waals surface area contributed by atoms with E-state index < -0.39 is 16.1 Å². The molecule has 164 valence electrons. The number of carbonyl (C=O) groups excluding carboxylic acids is 1. The second-order valence-electron chi connectivity index (χ2n) is 7.11. The minimum atomic E-state index is -3.47. The number of carbonyl (C=O) groups is 1. The van der Waals surface area contributed by atoms with Crippen molar-refractivity contribution < 1.29 is 22.7 Å². The maximum Gasteiger partial charge on any atom is 0.261 e. The van der Waals surface area contributed by atoms with Gasteiger partial charge in [-0.25, -0.2) is 12.7 Å². The van der Waals surface area contributed by atoms with Gasteiger partial charge in [0, 0.05) is 14.1 Å². The zero-order valence-corrected chi connectivity index (χ0v) is 19.0. The van der Waals surface area contributed by atoms with Gasteiger partial charge in [-0.05, 0) is 61.7 Å². The third-order valence-electron chi connectivity index (χ3n) is 4.76. The molecule has 0 aliphatic carbocycles. The summed E-state index contributed by atoms with van der Waals surface area (Å²) in [4.78, 5) is 12.6. The number of ether oxygens (including phenoxy) is 2. The maximum atomic E-state index is 12.4. The lowest BCUT2D eigenvalue weighted by atomic mass is 10.1. The van der Waals surface area contributed by atoms with Crippen molar-refractivity contribution in [2.75, 3.05) is 27.2 Å². The SMILES string of the molecule is CCC(Oc1cccc(C)c1C)C(=O)NCCOc1ccc(S(=O)(=O)N(C)C)cc1. The fourth-order valence-electron chi connectivity index (χ4n) is 2.70. The summed E-state index contributed by atoms with van der Waals surface area (Å²) in [6.07, 6.45) is -0.0389. The number of hydrogen-bond donors (Lipinski definition) is 1. The molecule has 1 atom stereocenters. The minimum absolute atomic E-state index is 0.197. The van der Waals surface area contributed by atoms with E-state index in [1.54, 1.807) is 12.1 Å². The standard InChI is InChI=1S/C22H30N2O5S/c1-6-20(29-21-9-7-8-16(2)17(21)3)22(25)23-14-15-28-18-10-12-19(13-11-18)30(26,27)24(4)5/h7-13,20H,6,14-15H2,1-5H3,(H,23,25). The quantitative estimate of drug-likeness (QED) is 0.581. The molecular formula is C22H30N2O5S. The predicted octanol–water partition coefficient (Wildman–Crippen LogP) is 2.91. The van der Waals surface area contributed by atoms with E-state index in [1.165, 1.54) is 26.2 Å². The van der Waals surface area contributed by atoms with E-state index in [0.717, 1.165) is 15.4 Å². The van der Waals surface area contributed by atoms with E-state index >= 15 is 0 Å². The van der Waals surface area contributed by atoms with Crippen molar-refractivity contribution >= 4 is 15.9 Å². The van der Waals surface area contributed by atoms with Gasteiger partial charge < -0.3 is 14.8 Å². The normalized spacial score (nSPS) is 12.5. The smallest absolute Gasteiger partial charge is 0.261 e. The van der Waals surface area contributed by atoms with E-state index in [2.05, 4.69) is 5.32 Å². The van der Waals surface area contributed by atoms with Crippen molar-refractivity contribution in [3.63, 3.8) is 0 Å². The molecule has 30 heavy (non-hydrogen) atoms. The van der Waals surface area contributed by atoms with Crippen molar-refractivity contribution in [2.24, 2.45) is 0 Å². The molecule has 0 aliphatic rings. The zero-order chi connectivity index (χ0) is 22.3. The highest BCUT2D eigenvalue weighted by Crippen LogP contribution is 2.22. The first-order valence-electron chi connectivity index (χ1n) is 9.82. The van der Waals surface area contributed by atoms with Gasteiger partial charge in [-0.3, -0.25) is 4.79 Å². The molecule has 8 heteroatoms. The molecule has 0 fully saturated rings. The van der Waals surface area contributed by atoms with Crippen LogP contribution in [0.3, 0.4) is 0 Å². The van der Waals surface area contributed by atoms with Crippen LogP contribution in [0.5, 0.6) is 11.5 Å². The summed E-state index contributed by atoms with van der Waals surface area (Å²) in [5.41, 5.74) is 2.13. The Labute approximate surface area is 179 Å². The fourth-order valence-corrected chi connectivity index (χ4v) is 3.60. The van der Waals surface area contributed by atoms with E-state index in [1.807, 2.05) is 39.0 Å². The highest BCUT2D eigenvalue weighted by molar-refractivity contribution is 7.89. The van der Waals surface area contributed by atoms with E-state index in [9.17, 15) is 13.2 Å². The van der Waals surface area contributed by atoms with Crippen LogP contribution in [-0.2, 0) is 14.8 Å². The highest BCUT2D eigenvalue weighted by Gasteiger charge is 2.19. The Hall–Kier alpha value is -2.58. The number of hydrogen-bond acceptors (Lipinski definition) is 5. The molecule has 1 unspecified atom stereocenters. The number of nitrogens with zero attached hydrogens (tertiary/aromatic N) is 1. The zero-order valence-electron chi connectivity index (χ0n) is 18.1. The topological polar surface area (TPSA) is 84.9 Å². The number of aryl methyl sites for hydroxylation is 1. The summed E-state index contributed by atoms with van der Waals surface area (Å²) < 4.78 is 36.8. The number of amides is 1. The van der Waals surface area contributed by atoms with Gasteiger partial charge in [0.2, 0.25) is 10.0 Å². The Bertz CT molecular complexity index is 956. The van der Waals surface area contributed by atoms with E-state index in [-0.39, 0.29) is 17.4 Å². The molecule has 0 saturated heterocycles. The number of nitrogens with one attached hydrogen (secondary N) is 1. The maximum absolute atomic E-state index is 12.4. The van der Waals surface area contributed by atoms with Gasteiger partial charge in [0.15, 0.2) is 6.10 Å². The fraction of sp³-hybridized carbons (Fsp3) is 0.409. The van der Waals surface area contributed by atoms with E-state index in [0.29, 0.717) is 24.5 Å². The molecule has 0 aliphatic heterocycles. The van der Waals surface area contributed by atoms with Gasteiger partial charge in [-0.15, -0.1) is 0 Å². The molecular weight excluding hydrogens is 404 g/mol. The van der Waals surface area contributed by atoms with Crippen molar-refractivity contribution in [2.45, 2.75) is 38.2 Å². The third-order valence-corrected chi connectivity index (χ3v) is 6.59. The highest BCUT2D eigenvalue weighted by atomic mass is 32.2. The number of benzene rings is 2. The molecule has 1 amide bonds. The lowest BCUT2D eigenvalue weighted by Crippen LogP contribution is -2.39. The Kier molecular flexibility index (Phi) is 8.25. The van der Waals surface area contributed by atoms with Crippen LogP contribution in [0.4, 0.5) is 0 Å². The van der Waals surface area contributed by atoms with Crippen LogP contribution in [0.25, 0.3) is 0 Å². The predicted molar refractivity (Wildman–Crippen MR) is 116 cm³/mol. The van der Waals surface area contributed by atoms with Crippen LogP contribution >= 0.6 is 0 Å². The van der Waals surface area contributed by atoms with Crippen LogP contribution < -0.4 is 14.8 Å². The van der Waals surface area contributed by atoms with Crippen LogP contribution in [0.1, 0.15) is 24.5 Å². The molecule has 0 aromatic heterocycles. The van der Waals surface area contributed by atoms with Gasteiger partial charge in [0.25, 0.3) is 5.91 Å². The minimum Gasteiger partial charge on any atom is -0.492 e. The summed E-state index contributed by atoms with van der Waals surface area (Å²) in [6.45, 7) is 6.44. The van der Waals surface area contributed by atoms with E-state index in [4.69, 9.17) is 9.47 Å². The van der Waals surface area contributed by atoms with Crippen molar-refractivity contribution in [1.29, 1.82) is 0 Å². The molecule has 0 saturated carbocycles. The van der Waals surface area contributed by atoms with Crippen LogP contribution in [-0.4, -0.2) is 52.0 Å². The monoisotopic (exact) mass is 434 g/mol. The average Bonchev–Trinajstić information content (AvgIpc) is 2.72. The molecule has 0 spiro atoms. The van der Waals surface area contributed by atoms with Crippen LogP contribution in [0, 0.1) is 13.8 Å². The Morgan fingerprint density at radius 1 is 1.10 bits per heavy atom.